The minimum Gasteiger partial charge on any atom is -0.353 e. The quantitative estimate of drug-likeness (QED) is 0.766. The van der Waals surface area contributed by atoms with Gasteiger partial charge in [0.15, 0.2) is 0 Å². The Bertz CT molecular complexity index is 620. The first-order valence-electron chi connectivity index (χ1n) is 8.31. The van der Waals surface area contributed by atoms with Gasteiger partial charge < -0.3 is 10.6 Å². The first-order valence-corrected chi connectivity index (χ1v) is 9.13. The molecule has 4 nitrogen and oxygen atoms in total. The van der Waals surface area contributed by atoms with Crippen molar-refractivity contribution >= 4 is 17.2 Å². The zero-order valence-corrected chi connectivity index (χ0v) is 14.1. The molecule has 1 aliphatic rings. The molecule has 122 valence electrons. The lowest BCUT2D eigenvalue weighted by Crippen LogP contribution is -2.34. The summed E-state index contributed by atoms with van der Waals surface area (Å²) in [7, 11) is 0. The van der Waals surface area contributed by atoms with E-state index in [1.54, 1.807) is 11.3 Å². The van der Waals surface area contributed by atoms with E-state index in [1.807, 2.05) is 24.4 Å². The lowest BCUT2D eigenvalue weighted by Gasteiger charge is -2.11. The van der Waals surface area contributed by atoms with E-state index in [9.17, 15) is 4.79 Å². The first-order chi connectivity index (χ1) is 11.3. The lowest BCUT2D eigenvalue weighted by atomic mass is 10.2. The fraction of sp³-hybridized carbons (Fsp3) is 0.444. The average molecular weight is 329 g/mol. The molecule has 0 saturated heterocycles. The molecular formula is C18H23N3OS. The summed E-state index contributed by atoms with van der Waals surface area (Å²) in [5, 5.41) is 7.49. The van der Waals surface area contributed by atoms with Crippen molar-refractivity contribution in [2.45, 2.75) is 44.7 Å². The molecule has 2 N–H and O–H groups in total. The van der Waals surface area contributed by atoms with Crippen LogP contribution in [0.1, 0.15) is 37.0 Å². The summed E-state index contributed by atoms with van der Waals surface area (Å²) >= 11 is 1.70. The van der Waals surface area contributed by atoms with Crippen LogP contribution in [0.3, 0.4) is 0 Å². The summed E-state index contributed by atoms with van der Waals surface area (Å²) in [6, 6.07) is 10.6. The molecule has 0 radical (unpaired) electrons. The van der Waals surface area contributed by atoms with Crippen molar-refractivity contribution in [1.29, 1.82) is 0 Å². The number of nitrogens with zero attached hydrogens (tertiary/aromatic N) is 1. The summed E-state index contributed by atoms with van der Waals surface area (Å²) in [4.78, 5) is 17.5. The molecule has 5 heteroatoms. The van der Waals surface area contributed by atoms with Gasteiger partial charge in [0.25, 0.3) is 0 Å². The second kappa shape index (κ2) is 8.22. The Hall–Kier alpha value is -1.72. The topological polar surface area (TPSA) is 54.0 Å². The van der Waals surface area contributed by atoms with Crippen LogP contribution >= 0.6 is 11.3 Å². The Morgan fingerprint density at radius 2 is 2.00 bits per heavy atom. The SMILES string of the molecule is O=C(CCNCc1cnc(-c2ccccc2)s1)NC1CCCC1. The Morgan fingerprint density at radius 3 is 2.78 bits per heavy atom. The number of carbonyl (C=O) groups is 1. The van der Waals surface area contributed by atoms with E-state index in [0.717, 1.165) is 30.0 Å². The third-order valence-corrected chi connectivity index (χ3v) is 5.17. The maximum atomic E-state index is 11.8. The van der Waals surface area contributed by atoms with Crippen molar-refractivity contribution in [2.75, 3.05) is 6.54 Å². The monoisotopic (exact) mass is 329 g/mol. The zero-order valence-electron chi connectivity index (χ0n) is 13.3. The summed E-state index contributed by atoms with van der Waals surface area (Å²) in [6.07, 6.45) is 7.24. The lowest BCUT2D eigenvalue weighted by molar-refractivity contribution is -0.121. The van der Waals surface area contributed by atoms with Gasteiger partial charge in [-0.3, -0.25) is 4.79 Å². The van der Waals surface area contributed by atoms with Crippen LogP contribution in [0, 0.1) is 0 Å². The van der Waals surface area contributed by atoms with Gasteiger partial charge in [-0.15, -0.1) is 11.3 Å². The first kappa shape index (κ1) is 16.1. The molecular weight excluding hydrogens is 306 g/mol. The second-order valence-corrected chi connectivity index (χ2v) is 7.09. The van der Waals surface area contributed by atoms with Gasteiger partial charge in [0.2, 0.25) is 5.91 Å². The van der Waals surface area contributed by atoms with Crippen LogP contribution < -0.4 is 10.6 Å². The minimum absolute atomic E-state index is 0.165. The molecule has 0 bridgehead atoms. The summed E-state index contributed by atoms with van der Waals surface area (Å²) in [5.74, 6) is 0.165. The van der Waals surface area contributed by atoms with Crippen molar-refractivity contribution in [3.63, 3.8) is 0 Å². The number of carbonyl (C=O) groups excluding carboxylic acids is 1. The van der Waals surface area contributed by atoms with Gasteiger partial charge >= 0.3 is 0 Å². The molecule has 1 amide bonds. The molecule has 0 unspecified atom stereocenters. The number of thiazole rings is 1. The van der Waals surface area contributed by atoms with E-state index >= 15 is 0 Å². The highest BCUT2D eigenvalue weighted by Crippen LogP contribution is 2.24. The van der Waals surface area contributed by atoms with Gasteiger partial charge in [-0.05, 0) is 12.8 Å². The maximum Gasteiger partial charge on any atom is 0.221 e. The van der Waals surface area contributed by atoms with Crippen LogP contribution in [0.5, 0.6) is 0 Å². The van der Waals surface area contributed by atoms with Gasteiger partial charge in [0, 0.05) is 42.2 Å². The summed E-state index contributed by atoms with van der Waals surface area (Å²) in [5.41, 5.74) is 1.15. The van der Waals surface area contributed by atoms with E-state index in [-0.39, 0.29) is 5.91 Å². The largest absolute Gasteiger partial charge is 0.353 e. The normalized spacial score (nSPS) is 15.0. The maximum absolute atomic E-state index is 11.8. The Kier molecular flexibility index (Phi) is 5.77. The van der Waals surface area contributed by atoms with Gasteiger partial charge in [-0.2, -0.15) is 0 Å². The van der Waals surface area contributed by atoms with Crippen LogP contribution in [-0.2, 0) is 11.3 Å². The Balaban J connectivity index is 1.37. The molecule has 1 saturated carbocycles. The minimum atomic E-state index is 0.165. The number of amides is 1. The Labute approximate surface area is 141 Å². The van der Waals surface area contributed by atoms with Crippen molar-refractivity contribution in [2.24, 2.45) is 0 Å². The molecule has 1 aromatic carbocycles. The van der Waals surface area contributed by atoms with Gasteiger partial charge in [-0.25, -0.2) is 4.98 Å². The van der Waals surface area contributed by atoms with E-state index in [2.05, 4.69) is 27.8 Å². The third-order valence-electron chi connectivity index (χ3n) is 4.12. The summed E-state index contributed by atoms with van der Waals surface area (Å²) in [6.45, 7) is 1.47. The number of nitrogens with one attached hydrogen (secondary N) is 2. The van der Waals surface area contributed by atoms with Crippen molar-refractivity contribution in [3.05, 3.63) is 41.4 Å². The molecule has 1 aliphatic carbocycles. The molecule has 0 spiro atoms. The molecule has 2 aromatic rings. The third kappa shape index (κ3) is 4.88. The number of aromatic nitrogens is 1. The molecule has 0 aliphatic heterocycles. The van der Waals surface area contributed by atoms with Crippen molar-refractivity contribution < 1.29 is 4.79 Å². The van der Waals surface area contributed by atoms with E-state index < -0.39 is 0 Å². The predicted octanol–water partition coefficient (Wildman–Crippen LogP) is 3.35. The standard InChI is InChI=1S/C18H23N3OS/c22-17(21-15-8-4-5-9-15)10-11-19-12-16-13-20-18(23-16)14-6-2-1-3-7-14/h1-3,6-7,13,15,19H,4-5,8-12H2,(H,21,22). The van der Waals surface area contributed by atoms with E-state index in [1.165, 1.54) is 17.7 Å². The fourth-order valence-electron chi connectivity index (χ4n) is 2.89. The van der Waals surface area contributed by atoms with Crippen LogP contribution in [-0.4, -0.2) is 23.5 Å². The highest BCUT2D eigenvalue weighted by Gasteiger charge is 2.16. The van der Waals surface area contributed by atoms with Crippen LogP contribution in [0.4, 0.5) is 0 Å². The number of rotatable bonds is 7. The van der Waals surface area contributed by atoms with Gasteiger partial charge in [-0.1, -0.05) is 43.2 Å². The average Bonchev–Trinajstić information content (AvgIpc) is 3.24. The van der Waals surface area contributed by atoms with E-state index in [4.69, 9.17) is 0 Å². The van der Waals surface area contributed by atoms with Gasteiger partial charge in [0.1, 0.15) is 5.01 Å². The molecule has 23 heavy (non-hydrogen) atoms. The van der Waals surface area contributed by atoms with Crippen molar-refractivity contribution in [1.82, 2.24) is 15.6 Å². The number of hydrogen-bond acceptors (Lipinski definition) is 4. The smallest absolute Gasteiger partial charge is 0.221 e. The number of hydrogen-bond donors (Lipinski definition) is 2. The van der Waals surface area contributed by atoms with Gasteiger partial charge in [0.05, 0.1) is 0 Å². The van der Waals surface area contributed by atoms with Crippen molar-refractivity contribution in [3.8, 4) is 10.6 Å². The summed E-state index contributed by atoms with van der Waals surface area (Å²) < 4.78 is 0. The molecule has 1 fully saturated rings. The van der Waals surface area contributed by atoms with Crippen LogP contribution in [0.15, 0.2) is 36.5 Å². The number of benzene rings is 1. The molecule has 0 atom stereocenters. The molecule has 1 heterocycles. The molecule has 3 rings (SSSR count). The van der Waals surface area contributed by atoms with E-state index in [0.29, 0.717) is 19.0 Å². The predicted molar refractivity (Wildman–Crippen MR) is 94.3 cm³/mol. The fourth-order valence-corrected chi connectivity index (χ4v) is 3.77. The van der Waals surface area contributed by atoms with Crippen LogP contribution in [0.25, 0.3) is 10.6 Å². The molecule has 1 aromatic heterocycles. The van der Waals surface area contributed by atoms with Crippen LogP contribution in [0.2, 0.25) is 0 Å². The zero-order chi connectivity index (χ0) is 15.9. The highest BCUT2D eigenvalue weighted by molar-refractivity contribution is 7.15. The highest BCUT2D eigenvalue weighted by atomic mass is 32.1. The Morgan fingerprint density at radius 1 is 1.22 bits per heavy atom. The second-order valence-electron chi connectivity index (χ2n) is 5.97.